The van der Waals surface area contributed by atoms with Crippen LogP contribution < -0.4 is 10.1 Å². The normalized spacial score (nSPS) is 22.4. The maximum atomic E-state index is 5.71. The van der Waals surface area contributed by atoms with E-state index in [1.165, 1.54) is 16.7 Å². The molecule has 1 fully saturated rings. The lowest BCUT2D eigenvalue weighted by molar-refractivity contribution is 0.142. The fourth-order valence-electron chi connectivity index (χ4n) is 3.96. The van der Waals surface area contributed by atoms with Crippen LogP contribution in [0, 0.1) is 0 Å². The van der Waals surface area contributed by atoms with Crippen LogP contribution in [0.15, 0.2) is 48.5 Å². The van der Waals surface area contributed by atoms with Gasteiger partial charge in [0.2, 0.25) is 0 Å². The molecule has 0 amide bonds. The lowest BCUT2D eigenvalue weighted by atomic mass is 9.80. The number of hydrogen-bond donors (Lipinski definition) is 1. The Labute approximate surface area is 156 Å². The Morgan fingerprint density at radius 2 is 1.83 bits per heavy atom. The van der Waals surface area contributed by atoms with E-state index in [0.29, 0.717) is 12.0 Å². The molecule has 0 radical (unpaired) electrons. The number of fused-ring (bicyclic) bond motifs is 3. The van der Waals surface area contributed by atoms with Crippen LogP contribution in [0.3, 0.4) is 0 Å². The molecule has 4 rings (SSSR count). The third kappa shape index (κ3) is 3.27. The zero-order valence-corrected chi connectivity index (χ0v) is 15.4. The van der Waals surface area contributed by atoms with E-state index in [1.54, 1.807) is 7.11 Å². The number of methoxy groups -OCH3 is 1. The maximum Gasteiger partial charge on any atom is 0.123 e. The summed E-state index contributed by atoms with van der Waals surface area (Å²) in [5.74, 6) is 1.42. The molecule has 0 unspecified atom stereocenters. The molecule has 1 saturated heterocycles. The quantitative estimate of drug-likeness (QED) is 0.877. The first-order valence-electron chi connectivity index (χ1n) is 8.05. The van der Waals surface area contributed by atoms with Crippen molar-refractivity contribution in [1.29, 1.82) is 0 Å². The van der Waals surface area contributed by atoms with Gasteiger partial charge in [0, 0.05) is 43.7 Å². The number of nitrogens with zero attached hydrogens (tertiary/aromatic N) is 1. The Hall–Kier alpha value is -1.26. The van der Waals surface area contributed by atoms with Crippen molar-refractivity contribution in [3.05, 3.63) is 65.2 Å². The van der Waals surface area contributed by atoms with Crippen molar-refractivity contribution < 1.29 is 4.74 Å². The van der Waals surface area contributed by atoms with Gasteiger partial charge in [0.25, 0.3) is 0 Å². The summed E-state index contributed by atoms with van der Waals surface area (Å²) < 4.78 is 5.71. The number of nitrogens with one attached hydrogen (secondary N) is 1. The van der Waals surface area contributed by atoms with Gasteiger partial charge in [0.05, 0.1) is 7.11 Å². The van der Waals surface area contributed by atoms with Crippen LogP contribution in [0.4, 0.5) is 0 Å². The molecule has 0 bridgehead atoms. The predicted molar refractivity (Wildman–Crippen MR) is 103 cm³/mol. The number of hydrogen-bond acceptors (Lipinski definition) is 3. The third-order valence-corrected chi connectivity index (χ3v) is 5.00. The molecule has 2 aromatic carbocycles. The second-order valence-corrected chi connectivity index (χ2v) is 6.14. The monoisotopic (exact) mass is 366 g/mol. The molecule has 0 spiro atoms. The highest BCUT2D eigenvalue weighted by molar-refractivity contribution is 5.85. The van der Waals surface area contributed by atoms with Crippen molar-refractivity contribution in [3.63, 3.8) is 0 Å². The van der Waals surface area contributed by atoms with Crippen molar-refractivity contribution >= 4 is 24.8 Å². The molecule has 5 heteroatoms. The molecule has 130 valence electrons. The summed E-state index contributed by atoms with van der Waals surface area (Å²) in [5.41, 5.74) is 4.18. The van der Waals surface area contributed by atoms with E-state index >= 15 is 0 Å². The first-order valence-corrected chi connectivity index (χ1v) is 8.05. The summed E-state index contributed by atoms with van der Waals surface area (Å²) >= 11 is 0. The second kappa shape index (κ2) is 8.21. The Morgan fingerprint density at radius 3 is 2.58 bits per heavy atom. The summed E-state index contributed by atoms with van der Waals surface area (Å²) in [6.45, 7) is 4.30. The molecule has 0 aromatic heterocycles. The summed E-state index contributed by atoms with van der Waals surface area (Å²) in [6.07, 6.45) is 0. The van der Waals surface area contributed by atoms with E-state index in [2.05, 4.69) is 58.7 Å². The molecule has 0 saturated carbocycles. The molecular formula is C19H24Cl2N2O. The van der Waals surface area contributed by atoms with E-state index in [9.17, 15) is 0 Å². The minimum Gasteiger partial charge on any atom is -0.496 e. The second-order valence-electron chi connectivity index (χ2n) is 6.14. The van der Waals surface area contributed by atoms with Crippen molar-refractivity contribution in [3.8, 4) is 5.75 Å². The van der Waals surface area contributed by atoms with Crippen LogP contribution in [0.25, 0.3) is 0 Å². The van der Waals surface area contributed by atoms with E-state index in [-0.39, 0.29) is 24.8 Å². The maximum absolute atomic E-state index is 5.71. The summed E-state index contributed by atoms with van der Waals surface area (Å²) in [5, 5.41) is 3.53. The highest BCUT2D eigenvalue weighted by Gasteiger charge is 2.36. The molecule has 2 heterocycles. The third-order valence-electron chi connectivity index (χ3n) is 5.00. The number of halogens is 2. The van der Waals surface area contributed by atoms with Crippen LogP contribution in [-0.2, 0) is 0 Å². The number of piperazine rings is 1. The standard InChI is InChI=1S/C19H22N2O.2ClH/c1-22-18-9-5-8-15-17-12-20-10-11-21(17)13-16(19(15)18)14-6-3-2-4-7-14;;/h2-9,16-17,20H,10-13H2,1H3;2*1H/t16-,17+;;/m0../s1. The van der Waals surface area contributed by atoms with E-state index in [0.717, 1.165) is 31.9 Å². The minimum atomic E-state index is 0. The summed E-state index contributed by atoms with van der Waals surface area (Å²) in [6, 6.07) is 17.8. The van der Waals surface area contributed by atoms with Crippen molar-refractivity contribution in [2.24, 2.45) is 0 Å². The van der Waals surface area contributed by atoms with Gasteiger partial charge in [-0.25, -0.2) is 0 Å². The average Bonchev–Trinajstić information content (AvgIpc) is 2.61. The SMILES string of the molecule is COc1cccc2c1[C@H](c1ccccc1)CN1CCNC[C@H]21.Cl.Cl. The van der Waals surface area contributed by atoms with Gasteiger partial charge in [0.1, 0.15) is 5.75 Å². The lowest BCUT2D eigenvalue weighted by Crippen LogP contribution is -2.50. The Bertz CT molecular complexity index is 666. The van der Waals surface area contributed by atoms with Gasteiger partial charge >= 0.3 is 0 Å². The molecule has 1 N–H and O–H groups in total. The fraction of sp³-hybridized carbons (Fsp3) is 0.368. The predicted octanol–water partition coefficient (Wildman–Crippen LogP) is 3.63. The molecule has 2 aliphatic rings. The van der Waals surface area contributed by atoms with E-state index in [4.69, 9.17) is 4.74 Å². The number of benzene rings is 2. The zero-order chi connectivity index (χ0) is 14.9. The van der Waals surface area contributed by atoms with Gasteiger partial charge < -0.3 is 10.1 Å². The van der Waals surface area contributed by atoms with Crippen LogP contribution in [0.2, 0.25) is 0 Å². The average molecular weight is 367 g/mol. The van der Waals surface area contributed by atoms with Gasteiger partial charge in [-0.15, -0.1) is 24.8 Å². The Kier molecular flexibility index (Phi) is 6.53. The highest BCUT2D eigenvalue weighted by atomic mass is 35.5. The smallest absolute Gasteiger partial charge is 0.123 e. The van der Waals surface area contributed by atoms with E-state index < -0.39 is 0 Å². The topological polar surface area (TPSA) is 24.5 Å². The lowest BCUT2D eigenvalue weighted by Gasteiger charge is -2.44. The summed E-state index contributed by atoms with van der Waals surface area (Å²) in [7, 11) is 1.78. The van der Waals surface area contributed by atoms with Gasteiger partial charge in [-0.3, -0.25) is 4.90 Å². The first-order chi connectivity index (χ1) is 10.9. The molecule has 3 nitrogen and oxygen atoms in total. The Balaban J connectivity index is 0.00000104. The van der Waals surface area contributed by atoms with Crippen molar-refractivity contribution in [2.75, 3.05) is 33.3 Å². The molecular weight excluding hydrogens is 343 g/mol. The van der Waals surface area contributed by atoms with Crippen LogP contribution in [0.5, 0.6) is 5.75 Å². The fourth-order valence-corrected chi connectivity index (χ4v) is 3.96. The molecule has 2 aromatic rings. The van der Waals surface area contributed by atoms with Crippen molar-refractivity contribution in [2.45, 2.75) is 12.0 Å². The van der Waals surface area contributed by atoms with Crippen molar-refractivity contribution in [1.82, 2.24) is 10.2 Å². The number of ether oxygens (including phenoxy) is 1. The van der Waals surface area contributed by atoms with Gasteiger partial charge in [0.15, 0.2) is 0 Å². The summed E-state index contributed by atoms with van der Waals surface area (Å²) in [4.78, 5) is 2.62. The van der Waals surface area contributed by atoms with Gasteiger partial charge in [-0.1, -0.05) is 42.5 Å². The van der Waals surface area contributed by atoms with Crippen LogP contribution in [-0.4, -0.2) is 38.2 Å². The zero-order valence-electron chi connectivity index (χ0n) is 13.8. The van der Waals surface area contributed by atoms with Crippen LogP contribution in [0.1, 0.15) is 28.7 Å². The van der Waals surface area contributed by atoms with E-state index in [1.807, 2.05) is 0 Å². The minimum absolute atomic E-state index is 0. The largest absolute Gasteiger partial charge is 0.496 e. The molecule has 2 atom stereocenters. The molecule has 2 aliphatic heterocycles. The van der Waals surface area contributed by atoms with Crippen LogP contribution >= 0.6 is 24.8 Å². The highest BCUT2D eigenvalue weighted by Crippen LogP contribution is 2.44. The molecule has 0 aliphatic carbocycles. The van der Waals surface area contributed by atoms with Gasteiger partial charge in [-0.2, -0.15) is 0 Å². The number of rotatable bonds is 2. The first kappa shape index (κ1) is 19.1. The van der Waals surface area contributed by atoms with Gasteiger partial charge in [-0.05, 0) is 17.2 Å². The molecule has 24 heavy (non-hydrogen) atoms. The Morgan fingerprint density at radius 1 is 1.04 bits per heavy atom.